The Hall–Kier alpha value is -2.15. The molecule has 3 rings (SSSR count). The molecule has 1 heteroatoms. The third-order valence-electron chi connectivity index (χ3n) is 5.31. The number of benzene rings is 2. The summed E-state index contributed by atoms with van der Waals surface area (Å²) in [6.07, 6.45) is 3.54. The van der Waals surface area contributed by atoms with Crippen molar-refractivity contribution in [2.75, 3.05) is 0 Å². The number of rotatable bonds is 3. The van der Waals surface area contributed by atoms with E-state index < -0.39 is 0 Å². The van der Waals surface area contributed by atoms with Crippen molar-refractivity contribution in [3.63, 3.8) is 0 Å². The second-order valence-corrected chi connectivity index (χ2v) is 7.75. The van der Waals surface area contributed by atoms with Crippen LogP contribution in [0.3, 0.4) is 0 Å². The Morgan fingerprint density at radius 3 is 2.33 bits per heavy atom. The fourth-order valence-electron chi connectivity index (χ4n) is 3.77. The number of hydrogen-bond acceptors (Lipinski definition) is 1. The predicted octanol–water partition coefficient (Wildman–Crippen LogP) is 5.87. The summed E-state index contributed by atoms with van der Waals surface area (Å²) < 4.78 is 0. The van der Waals surface area contributed by atoms with Crippen molar-refractivity contribution in [1.82, 2.24) is 0 Å². The van der Waals surface area contributed by atoms with E-state index in [2.05, 4.69) is 39.5 Å². The topological polar surface area (TPSA) is 17.1 Å². The normalized spacial score (nSPS) is 15.7. The van der Waals surface area contributed by atoms with Gasteiger partial charge in [0.05, 0.1) is 0 Å². The summed E-state index contributed by atoms with van der Waals surface area (Å²) in [6.45, 7) is 12.6. The molecule has 0 aromatic heterocycles. The van der Waals surface area contributed by atoms with E-state index in [0.29, 0.717) is 0 Å². The van der Waals surface area contributed by atoms with Crippen molar-refractivity contribution in [3.05, 3.63) is 76.4 Å². The summed E-state index contributed by atoms with van der Waals surface area (Å²) in [5.41, 5.74) is 7.68. The number of fused-ring (bicyclic) bond motifs is 1. The summed E-state index contributed by atoms with van der Waals surface area (Å²) in [4.78, 5) is 13.0. The molecule has 2 aromatic carbocycles. The zero-order valence-corrected chi connectivity index (χ0v) is 15.2. The van der Waals surface area contributed by atoms with Crippen molar-refractivity contribution in [2.45, 2.75) is 52.4 Å². The maximum absolute atomic E-state index is 13.0. The van der Waals surface area contributed by atoms with Crippen LogP contribution in [0.25, 0.3) is 5.57 Å². The van der Waals surface area contributed by atoms with Gasteiger partial charge in [0.15, 0.2) is 5.78 Å². The second-order valence-electron chi connectivity index (χ2n) is 7.75. The highest BCUT2D eigenvalue weighted by Crippen LogP contribution is 2.38. The average molecular weight is 318 g/mol. The van der Waals surface area contributed by atoms with E-state index in [9.17, 15) is 4.79 Å². The van der Waals surface area contributed by atoms with Gasteiger partial charge in [-0.1, -0.05) is 56.3 Å². The molecule has 1 aliphatic rings. The fourth-order valence-corrected chi connectivity index (χ4v) is 3.77. The summed E-state index contributed by atoms with van der Waals surface area (Å²) >= 11 is 0. The zero-order chi connectivity index (χ0) is 17.5. The van der Waals surface area contributed by atoms with Crippen LogP contribution < -0.4 is 0 Å². The number of carbonyl (C=O) groups is 1. The third-order valence-corrected chi connectivity index (χ3v) is 5.31. The van der Waals surface area contributed by atoms with Crippen LogP contribution in [0.5, 0.6) is 0 Å². The van der Waals surface area contributed by atoms with Crippen molar-refractivity contribution < 1.29 is 4.79 Å². The van der Waals surface area contributed by atoms with Gasteiger partial charge in [-0.25, -0.2) is 0 Å². The number of allylic oxidation sites excluding steroid dienone is 1. The quantitative estimate of drug-likeness (QED) is 0.646. The predicted molar refractivity (Wildman–Crippen MR) is 102 cm³/mol. The van der Waals surface area contributed by atoms with Gasteiger partial charge in [0.2, 0.25) is 0 Å². The van der Waals surface area contributed by atoms with Gasteiger partial charge in [-0.3, -0.25) is 4.79 Å². The molecule has 0 radical (unpaired) electrons. The molecule has 0 saturated heterocycles. The first-order chi connectivity index (χ1) is 11.3. The smallest absolute Gasteiger partial charge is 0.193 e. The third kappa shape index (κ3) is 2.96. The molecule has 0 unspecified atom stereocenters. The lowest BCUT2D eigenvalue weighted by atomic mass is 9.71. The lowest BCUT2D eigenvalue weighted by molar-refractivity contribution is 0.103. The van der Waals surface area contributed by atoms with Crippen molar-refractivity contribution >= 4 is 11.4 Å². The monoisotopic (exact) mass is 318 g/mol. The standard InChI is InChI=1S/C23H26O/c1-15(2)17-8-10-18(11-9-17)22(24)20-14-21-19(13-16(20)3)7-6-12-23(21,4)5/h8-11,13-14H,1,6-7,12H2,2-5H3. The van der Waals surface area contributed by atoms with Gasteiger partial charge < -0.3 is 0 Å². The largest absolute Gasteiger partial charge is 0.289 e. The van der Waals surface area contributed by atoms with E-state index in [1.807, 2.05) is 31.2 Å². The van der Waals surface area contributed by atoms with E-state index in [1.54, 1.807) is 0 Å². The van der Waals surface area contributed by atoms with Crippen LogP contribution in [-0.2, 0) is 11.8 Å². The second kappa shape index (κ2) is 6.05. The molecule has 0 aliphatic heterocycles. The molecule has 0 N–H and O–H groups in total. The Balaban J connectivity index is 2.02. The molecule has 1 aliphatic carbocycles. The summed E-state index contributed by atoms with van der Waals surface area (Å²) in [5.74, 6) is 0.116. The minimum atomic E-state index is 0.116. The van der Waals surface area contributed by atoms with E-state index in [-0.39, 0.29) is 11.2 Å². The minimum Gasteiger partial charge on any atom is -0.289 e. The number of carbonyl (C=O) groups excluding carboxylic acids is 1. The van der Waals surface area contributed by atoms with Crippen LogP contribution in [0.4, 0.5) is 0 Å². The molecule has 0 amide bonds. The van der Waals surface area contributed by atoms with Gasteiger partial charge in [-0.05, 0) is 66.8 Å². The summed E-state index contributed by atoms with van der Waals surface area (Å²) in [7, 11) is 0. The molecule has 2 aromatic rings. The van der Waals surface area contributed by atoms with Crippen LogP contribution >= 0.6 is 0 Å². The van der Waals surface area contributed by atoms with Crippen LogP contribution in [0.2, 0.25) is 0 Å². The Kier molecular flexibility index (Phi) is 4.21. The van der Waals surface area contributed by atoms with E-state index in [0.717, 1.165) is 34.2 Å². The van der Waals surface area contributed by atoms with Gasteiger partial charge >= 0.3 is 0 Å². The van der Waals surface area contributed by atoms with Crippen molar-refractivity contribution in [2.24, 2.45) is 0 Å². The van der Waals surface area contributed by atoms with Crippen molar-refractivity contribution in [3.8, 4) is 0 Å². The number of ketones is 1. The molecule has 0 heterocycles. The maximum Gasteiger partial charge on any atom is 0.193 e. The molecular weight excluding hydrogens is 292 g/mol. The minimum absolute atomic E-state index is 0.116. The highest BCUT2D eigenvalue weighted by Gasteiger charge is 2.29. The highest BCUT2D eigenvalue weighted by atomic mass is 16.1. The molecule has 1 nitrogen and oxygen atoms in total. The first-order valence-electron chi connectivity index (χ1n) is 8.74. The first-order valence-corrected chi connectivity index (χ1v) is 8.74. The van der Waals surface area contributed by atoms with Crippen LogP contribution in [0.1, 0.15) is 71.8 Å². The Bertz CT molecular complexity index is 807. The Labute approximate surface area is 145 Å². The molecule has 0 saturated carbocycles. The molecule has 24 heavy (non-hydrogen) atoms. The maximum atomic E-state index is 13.0. The van der Waals surface area contributed by atoms with E-state index in [4.69, 9.17) is 0 Å². The molecule has 0 fully saturated rings. The summed E-state index contributed by atoms with van der Waals surface area (Å²) in [5, 5.41) is 0. The van der Waals surface area contributed by atoms with Gasteiger partial charge in [0, 0.05) is 11.1 Å². The number of aryl methyl sites for hydroxylation is 2. The van der Waals surface area contributed by atoms with Gasteiger partial charge in [-0.15, -0.1) is 0 Å². The molecular formula is C23H26O. The first kappa shape index (κ1) is 16.7. The van der Waals surface area contributed by atoms with Crippen LogP contribution in [0, 0.1) is 6.92 Å². The average Bonchev–Trinajstić information content (AvgIpc) is 2.53. The SMILES string of the molecule is C=C(C)c1ccc(C(=O)c2cc3c(cc2C)CCCC3(C)C)cc1. The highest BCUT2D eigenvalue weighted by molar-refractivity contribution is 6.10. The fraction of sp³-hybridized carbons (Fsp3) is 0.348. The Morgan fingerprint density at radius 1 is 1.08 bits per heavy atom. The summed E-state index contributed by atoms with van der Waals surface area (Å²) in [6, 6.07) is 12.2. The van der Waals surface area contributed by atoms with Crippen molar-refractivity contribution in [1.29, 1.82) is 0 Å². The molecule has 0 atom stereocenters. The van der Waals surface area contributed by atoms with Gasteiger partial charge in [-0.2, -0.15) is 0 Å². The van der Waals surface area contributed by atoms with E-state index >= 15 is 0 Å². The number of hydrogen-bond donors (Lipinski definition) is 0. The van der Waals surface area contributed by atoms with E-state index in [1.165, 1.54) is 24.0 Å². The Morgan fingerprint density at radius 2 is 1.71 bits per heavy atom. The van der Waals surface area contributed by atoms with Crippen LogP contribution in [0.15, 0.2) is 43.0 Å². The van der Waals surface area contributed by atoms with Gasteiger partial charge in [0.1, 0.15) is 0 Å². The van der Waals surface area contributed by atoms with Crippen LogP contribution in [-0.4, -0.2) is 5.78 Å². The zero-order valence-electron chi connectivity index (χ0n) is 15.2. The molecule has 0 bridgehead atoms. The molecule has 0 spiro atoms. The molecule has 124 valence electrons. The lowest BCUT2D eigenvalue weighted by Gasteiger charge is -2.33. The lowest BCUT2D eigenvalue weighted by Crippen LogP contribution is -2.24. The van der Waals surface area contributed by atoms with Gasteiger partial charge in [0.25, 0.3) is 0 Å².